The number of hydrogen-bond acceptors (Lipinski definition) is 4. The summed E-state index contributed by atoms with van der Waals surface area (Å²) in [5.41, 5.74) is 4.96. The van der Waals surface area contributed by atoms with Crippen LogP contribution in [0.1, 0.15) is 57.9 Å². The summed E-state index contributed by atoms with van der Waals surface area (Å²) in [4.78, 5) is 17.3. The second kappa shape index (κ2) is 7.47. The lowest BCUT2D eigenvalue weighted by atomic mass is 9.86. The molecule has 1 aromatic carbocycles. The smallest absolute Gasteiger partial charge is 0.281 e. The quantitative estimate of drug-likeness (QED) is 0.489. The van der Waals surface area contributed by atoms with E-state index in [9.17, 15) is 10.0 Å². The normalized spacial score (nSPS) is 25.9. The lowest BCUT2D eigenvalue weighted by molar-refractivity contribution is -0.113. The molecule has 3 aliphatic rings. The summed E-state index contributed by atoms with van der Waals surface area (Å²) < 4.78 is 0. The van der Waals surface area contributed by atoms with Crippen LogP contribution in [0, 0.1) is 0 Å². The molecule has 0 atom stereocenters. The number of para-hydroxylation sites is 1. The first kappa shape index (κ1) is 18.2. The second-order valence-corrected chi connectivity index (χ2v) is 8.24. The van der Waals surface area contributed by atoms with E-state index >= 15 is 0 Å². The third-order valence-electron chi connectivity index (χ3n) is 6.59. The van der Waals surface area contributed by atoms with Crippen molar-refractivity contribution in [1.82, 2.24) is 4.90 Å². The Bertz CT molecular complexity index is 777. The van der Waals surface area contributed by atoms with Gasteiger partial charge in [0.05, 0.1) is 5.69 Å². The number of carbonyl (C=O) groups excluding carboxylic acids is 1. The van der Waals surface area contributed by atoms with Crippen molar-refractivity contribution in [2.75, 3.05) is 18.0 Å². The molecule has 144 valence electrons. The van der Waals surface area contributed by atoms with Gasteiger partial charge in [0, 0.05) is 30.7 Å². The first-order valence-corrected chi connectivity index (χ1v) is 10.1. The average Bonchev–Trinajstić information content (AvgIpc) is 2.99. The molecule has 0 aromatic heterocycles. The van der Waals surface area contributed by atoms with E-state index in [0.717, 1.165) is 37.2 Å². The van der Waals surface area contributed by atoms with E-state index in [1.165, 1.54) is 31.3 Å². The zero-order valence-electron chi connectivity index (χ0n) is 16.3. The molecule has 0 unspecified atom stereocenters. The SMILES string of the molecule is CC(C)=C1CCC(N2CCC(N3C(=O)C(=NO)c4ccccc43)CC2)CC1. The van der Waals surface area contributed by atoms with E-state index in [0.29, 0.717) is 6.04 Å². The van der Waals surface area contributed by atoms with Crippen LogP contribution in [-0.2, 0) is 4.79 Å². The van der Waals surface area contributed by atoms with Crippen molar-refractivity contribution in [2.24, 2.45) is 5.16 Å². The van der Waals surface area contributed by atoms with Crippen molar-refractivity contribution in [3.63, 3.8) is 0 Å². The van der Waals surface area contributed by atoms with Crippen LogP contribution in [0.4, 0.5) is 5.69 Å². The fraction of sp³-hybridized carbons (Fsp3) is 0.545. The minimum Gasteiger partial charge on any atom is -0.410 e. The second-order valence-electron chi connectivity index (χ2n) is 8.24. The van der Waals surface area contributed by atoms with E-state index in [-0.39, 0.29) is 17.7 Å². The van der Waals surface area contributed by atoms with Gasteiger partial charge in [-0.15, -0.1) is 0 Å². The monoisotopic (exact) mass is 367 g/mol. The molecule has 1 aliphatic carbocycles. The summed E-state index contributed by atoms with van der Waals surface area (Å²) >= 11 is 0. The predicted molar refractivity (Wildman–Crippen MR) is 107 cm³/mol. The van der Waals surface area contributed by atoms with Crippen LogP contribution in [-0.4, -0.2) is 46.9 Å². The molecule has 1 aromatic rings. The molecular weight excluding hydrogens is 338 g/mol. The summed E-state index contributed by atoms with van der Waals surface area (Å²) in [6, 6.07) is 8.52. The van der Waals surface area contributed by atoms with Gasteiger partial charge < -0.3 is 15.0 Å². The van der Waals surface area contributed by atoms with E-state index in [1.54, 1.807) is 5.57 Å². The summed E-state index contributed by atoms with van der Waals surface area (Å²) in [7, 11) is 0. The van der Waals surface area contributed by atoms with Gasteiger partial charge in [0.1, 0.15) is 0 Å². The first-order valence-electron chi connectivity index (χ1n) is 10.1. The third-order valence-corrected chi connectivity index (χ3v) is 6.59. The minimum absolute atomic E-state index is 0.164. The Morgan fingerprint density at radius 3 is 2.33 bits per heavy atom. The number of oxime groups is 1. The van der Waals surface area contributed by atoms with Gasteiger partial charge in [-0.05, 0) is 58.4 Å². The van der Waals surface area contributed by atoms with Gasteiger partial charge in [-0.25, -0.2) is 0 Å². The summed E-state index contributed by atoms with van der Waals surface area (Å²) in [6.45, 7) is 6.54. The zero-order valence-corrected chi connectivity index (χ0v) is 16.3. The van der Waals surface area contributed by atoms with E-state index in [4.69, 9.17) is 0 Å². The third kappa shape index (κ3) is 3.29. The van der Waals surface area contributed by atoms with Crippen LogP contribution in [0.25, 0.3) is 0 Å². The van der Waals surface area contributed by atoms with Crippen molar-refractivity contribution in [3.8, 4) is 0 Å². The van der Waals surface area contributed by atoms with E-state index in [2.05, 4.69) is 23.9 Å². The standard InChI is InChI=1S/C22H29N3O2/c1-15(2)16-7-9-17(10-8-16)24-13-11-18(12-14-24)25-20-6-4-3-5-19(20)21(23-27)22(25)26/h3-6,17-18,27H,7-14H2,1-2H3. The number of piperidine rings is 1. The van der Waals surface area contributed by atoms with Crippen molar-refractivity contribution < 1.29 is 10.0 Å². The van der Waals surface area contributed by atoms with Gasteiger partial charge in [-0.2, -0.15) is 0 Å². The van der Waals surface area contributed by atoms with Gasteiger partial charge in [0.25, 0.3) is 5.91 Å². The molecule has 1 saturated heterocycles. The number of fused-ring (bicyclic) bond motifs is 1. The van der Waals surface area contributed by atoms with Gasteiger partial charge in [0.15, 0.2) is 5.71 Å². The molecule has 1 saturated carbocycles. The van der Waals surface area contributed by atoms with Crippen LogP contribution < -0.4 is 4.90 Å². The van der Waals surface area contributed by atoms with E-state index < -0.39 is 0 Å². The number of rotatable bonds is 2. The Morgan fingerprint density at radius 1 is 1.04 bits per heavy atom. The number of benzene rings is 1. The predicted octanol–water partition coefficient (Wildman–Crippen LogP) is 3.95. The average molecular weight is 367 g/mol. The fourth-order valence-corrected chi connectivity index (χ4v) is 5.01. The zero-order chi connectivity index (χ0) is 19.0. The highest BCUT2D eigenvalue weighted by Gasteiger charge is 2.40. The van der Waals surface area contributed by atoms with Crippen LogP contribution in [0.2, 0.25) is 0 Å². The number of anilines is 1. The molecule has 5 nitrogen and oxygen atoms in total. The lowest BCUT2D eigenvalue weighted by Gasteiger charge is -2.42. The number of hydrogen-bond donors (Lipinski definition) is 1. The highest BCUT2D eigenvalue weighted by atomic mass is 16.4. The van der Waals surface area contributed by atoms with Gasteiger partial charge in [-0.3, -0.25) is 4.79 Å². The fourth-order valence-electron chi connectivity index (χ4n) is 5.01. The molecule has 1 amide bonds. The number of carbonyl (C=O) groups is 1. The molecule has 2 fully saturated rings. The van der Waals surface area contributed by atoms with Crippen molar-refractivity contribution >= 4 is 17.3 Å². The number of allylic oxidation sites excluding steroid dienone is 2. The molecule has 0 bridgehead atoms. The topological polar surface area (TPSA) is 56.1 Å². The van der Waals surface area contributed by atoms with Gasteiger partial charge >= 0.3 is 0 Å². The lowest BCUT2D eigenvalue weighted by Crippen LogP contribution is -2.50. The molecule has 4 rings (SSSR count). The maximum Gasteiger partial charge on any atom is 0.281 e. The molecule has 5 heteroatoms. The maximum atomic E-state index is 12.8. The van der Waals surface area contributed by atoms with Crippen molar-refractivity contribution in [1.29, 1.82) is 0 Å². The molecule has 2 heterocycles. The van der Waals surface area contributed by atoms with E-state index in [1.807, 2.05) is 29.2 Å². The van der Waals surface area contributed by atoms with Gasteiger partial charge in [0.2, 0.25) is 0 Å². The molecule has 2 aliphatic heterocycles. The number of nitrogens with zero attached hydrogens (tertiary/aromatic N) is 3. The number of amides is 1. The van der Waals surface area contributed by atoms with Gasteiger partial charge in [-0.1, -0.05) is 34.5 Å². The van der Waals surface area contributed by atoms with Crippen LogP contribution >= 0.6 is 0 Å². The number of likely N-dealkylation sites (tertiary alicyclic amines) is 1. The highest BCUT2D eigenvalue weighted by Crippen LogP contribution is 2.35. The van der Waals surface area contributed by atoms with Crippen LogP contribution in [0.3, 0.4) is 0 Å². The molecular formula is C22H29N3O2. The summed E-state index contributed by atoms with van der Waals surface area (Å²) in [5.74, 6) is -0.164. The Balaban J connectivity index is 1.42. The summed E-state index contributed by atoms with van der Waals surface area (Å²) in [6.07, 6.45) is 6.95. The first-order chi connectivity index (χ1) is 13.1. The minimum atomic E-state index is -0.164. The molecule has 0 spiro atoms. The molecule has 1 N–H and O–H groups in total. The summed E-state index contributed by atoms with van der Waals surface area (Å²) in [5, 5.41) is 12.6. The molecule has 27 heavy (non-hydrogen) atoms. The highest BCUT2D eigenvalue weighted by molar-refractivity contribution is 6.54. The Morgan fingerprint density at radius 2 is 1.70 bits per heavy atom. The van der Waals surface area contributed by atoms with Crippen LogP contribution in [0.5, 0.6) is 0 Å². The Labute approximate surface area is 161 Å². The van der Waals surface area contributed by atoms with Crippen molar-refractivity contribution in [2.45, 2.75) is 64.5 Å². The maximum absolute atomic E-state index is 12.8. The van der Waals surface area contributed by atoms with Crippen molar-refractivity contribution in [3.05, 3.63) is 41.0 Å². The Hall–Kier alpha value is -2.14. The largest absolute Gasteiger partial charge is 0.410 e. The Kier molecular flexibility index (Phi) is 5.04. The van der Waals surface area contributed by atoms with Crippen LogP contribution in [0.15, 0.2) is 40.6 Å². The molecule has 0 radical (unpaired) electrons.